The lowest BCUT2D eigenvalue weighted by molar-refractivity contribution is -0.142. The maximum absolute atomic E-state index is 11.9. The van der Waals surface area contributed by atoms with E-state index in [1.54, 1.807) is 36.4 Å². The number of hydrogen-bond acceptors (Lipinski definition) is 5. The molecule has 2 rings (SSSR count). The molecule has 0 unspecified atom stereocenters. The Morgan fingerprint density at radius 2 is 1.56 bits per heavy atom. The van der Waals surface area contributed by atoms with E-state index in [1.165, 1.54) is 13.2 Å². The second-order valence-corrected chi connectivity index (χ2v) is 5.62. The number of rotatable bonds is 7. The molecule has 2 aromatic rings. The molecule has 0 radical (unpaired) electrons. The van der Waals surface area contributed by atoms with Gasteiger partial charge in [-0.2, -0.15) is 0 Å². The zero-order valence-electron chi connectivity index (χ0n) is 13.3. The van der Waals surface area contributed by atoms with Gasteiger partial charge in [0.25, 0.3) is 5.91 Å². The number of anilines is 1. The lowest BCUT2D eigenvalue weighted by Crippen LogP contribution is -2.20. The van der Waals surface area contributed by atoms with E-state index in [4.69, 9.17) is 32.7 Å². The molecule has 0 aromatic heterocycles. The van der Waals surface area contributed by atoms with Gasteiger partial charge in [-0.05, 0) is 36.4 Å². The topological polar surface area (TPSA) is 73.9 Å². The van der Waals surface area contributed by atoms with E-state index in [0.717, 1.165) is 0 Å². The minimum Gasteiger partial charge on any atom is -0.484 e. The molecule has 0 saturated carbocycles. The molecule has 1 amide bonds. The number of esters is 1. The molecule has 0 saturated heterocycles. The van der Waals surface area contributed by atoms with Crippen molar-refractivity contribution in [2.24, 2.45) is 0 Å². The fourth-order valence-electron chi connectivity index (χ4n) is 1.75. The summed E-state index contributed by atoms with van der Waals surface area (Å²) in [5.41, 5.74) is 0.563. The molecular weight excluding hydrogens is 369 g/mol. The summed E-state index contributed by atoms with van der Waals surface area (Å²) in [6.07, 6.45) is 0. The maximum atomic E-state index is 11.9. The molecule has 1 N–H and O–H groups in total. The fraction of sp³-hybridized carbons (Fsp3) is 0.176. The van der Waals surface area contributed by atoms with E-state index >= 15 is 0 Å². The molecule has 132 valence electrons. The predicted octanol–water partition coefficient (Wildman–Crippen LogP) is 3.56. The Balaban J connectivity index is 1.81. The summed E-state index contributed by atoms with van der Waals surface area (Å²) in [7, 11) is 1.28. The van der Waals surface area contributed by atoms with Crippen molar-refractivity contribution >= 4 is 40.8 Å². The van der Waals surface area contributed by atoms with Crippen molar-refractivity contribution in [3.8, 4) is 11.5 Å². The molecule has 6 nitrogen and oxygen atoms in total. The molecule has 0 aliphatic rings. The SMILES string of the molecule is COC(=O)COc1ccc(NC(=O)COc2ccc(Cl)c(Cl)c2)cc1. The van der Waals surface area contributed by atoms with Crippen LogP contribution in [0.2, 0.25) is 10.0 Å². The quantitative estimate of drug-likeness (QED) is 0.739. The van der Waals surface area contributed by atoms with Crippen LogP contribution in [0.4, 0.5) is 5.69 Å². The van der Waals surface area contributed by atoms with Crippen LogP contribution in [0.5, 0.6) is 11.5 Å². The lowest BCUT2D eigenvalue weighted by Gasteiger charge is -2.09. The zero-order chi connectivity index (χ0) is 18.2. The van der Waals surface area contributed by atoms with Crippen LogP contribution >= 0.6 is 23.2 Å². The van der Waals surface area contributed by atoms with E-state index in [2.05, 4.69) is 10.1 Å². The summed E-state index contributed by atoms with van der Waals surface area (Å²) in [5, 5.41) is 3.43. The summed E-state index contributed by atoms with van der Waals surface area (Å²) in [6, 6.07) is 11.3. The van der Waals surface area contributed by atoms with Crippen LogP contribution < -0.4 is 14.8 Å². The average molecular weight is 384 g/mol. The molecule has 0 aliphatic heterocycles. The first-order chi connectivity index (χ1) is 12.0. The van der Waals surface area contributed by atoms with Gasteiger partial charge >= 0.3 is 5.97 Å². The van der Waals surface area contributed by atoms with Gasteiger partial charge in [0, 0.05) is 11.8 Å². The smallest absolute Gasteiger partial charge is 0.343 e. The minimum atomic E-state index is -0.475. The molecule has 2 aromatic carbocycles. The van der Waals surface area contributed by atoms with Crippen molar-refractivity contribution in [3.05, 3.63) is 52.5 Å². The first-order valence-corrected chi connectivity index (χ1v) is 7.91. The number of hydrogen-bond donors (Lipinski definition) is 1. The molecule has 25 heavy (non-hydrogen) atoms. The Kier molecular flexibility index (Phi) is 6.91. The van der Waals surface area contributed by atoms with Crippen LogP contribution in [-0.2, 0) is 14.3 Å². The summed E-state index contributed by atoms with van der Waals surface area (Å²) in [6.45, 7) is -0.363. The summed E-state index contributed by atoms with van der Waals surface area (Å²) < 4.78 is 15.0. The number of methoxy groups -OCH3 is 1. The van der Waals surface area contributed by atoms with E-state index < -0.39 is 5.97 Å². The van der Waals surface area contributed by atoms with Gasteiger partial charge in [-0.3, -0.25) is 4.79 Å². The van der Waals surface area contributed by atoms with Gasteiger partial charge in [-0.1, -0.05) is 23.2 Å². The number of carbonyl (C=O) groups excluding carboxylic acids is 2. The van der Waals surface area contributed by atoms with Gasteiger partial charge in [0.05, 0.1) is 17.2 Å². The Hall–Kier alpha value is -2.44. The van der Waals surface area contributed by atoms with Crippen LogP contribution in [0.25, 0.3) is 0 Å². The van der Waals surface area contributed by atoms with Crippen molar-refractivity contribution < 1.29 is 23.8 Å². The van der Waals surface area contributed by atoms with E-state index in [0.29, 0.717) is 27.2 Å². The summed E-state index contributed by atoms with van der Waals surface area (Å²) in [4.78, 5) is 22.9. The summed E-state index contributed by atoms with van der Waals surface area (Å²) >= 11 is 11.7. The van der Waals surface area contributed by atoms with Crippen molar-refractivity contribution in [1.29, 1.82) is 0 Å². The maximum Gasteiger partial charge on any atom is 0.343 e. The lowest BCUT2D eigenvalue weighted by atomic mass is 10.3. The number of benzene rings is 2. The van der Waals surface area contributed by atoms with Gasteiger partial charge in [-0.15, -0.1) is 0 Å². The van der Waals surface area contributed by atoms with Gasteiger partial charge in [0.2, 0.25) is 0 Å². The Labute approximate surface area is 154 Å². The fourth-order valence-corrected chi connectivity index (χ4v) is 2.04. The monoisotopic (exact) mass is 383 g/mol. The molecule has 0 bridgehead atoms. The Bertz CT molecular complexity index is 749. The molecule has 0 atom stereocenters. The van der Waals surface area contributed by atoms with Gasteiger partial charge in [0.1, 0.15) is 11.5 Å². The zero-order valence-corrected chi connectivity index (χ0v) is 14.8. The first kappa shape index (κ1) is 18.9. The number of halogens is 2. The molecule has 0 heterocycles. The molecule has 8 heteroatoms. The number of ether oxygens (including phenoxy) is 3. The number of nitrogens with one attached hydrogen (secondary N) is 1. The standard InChI is InChI=1S/C17H15Cl2NO5/c1-23-17(22)10-25-12-4-2-11(3-5-12)20-16(21)9-24-13-6-7-14(18)15(19)8-13/h2-8H,9-10H2,1H3,(H,20,21). The van der Waals surface area contributed by atoms with Crippen LogP contribution in [0.3, 0.4) is 0 Å². The highest BCUT2D eigenvalue weighted by molar-refractivity contribution is 6.42. The average Bonchev–Trinajstić information content (AvgIpc) is 2.62. The van der Waals surface area contributed by atoms with Crippen LogP contribution in [0.1, 0.15) is 0 Å². The largest absolute Gasteiger partial charge is 0.484 e. The van der Waals surface area contributed by atoms with Crippen LogP contribution in [-0.4, -0.2) is 32.2 Å². The molecule has 0 aliphatic carbocycles. The van der Waals surface area contributed by atoms with E-state index in [-0.39, 0.29) is 19.1 Å². The van der Waals surface area contributed by atoms with Crippen LogP contribution in [0.15, 0.2) is 42.5 Å². The third-order valence-electron chi connectivity index (χ3n) is 2.98. The van der Waals surface area contributed by atoms with E-state index in [1.807, 2.05) is 0 Å². The van der Waals surface area contributed by atoms with Crippen LogP contribution in [0, 0.1) is 0 Å². The van der Waals surface area contributed by atoms with E-state index in [9.17, 15) is 9.59 Å². The highest BCUT2D eigenvalue weighted by atomic mass is 35.5. The Morgan fingerprint density at radius 1 is 0.920 bits per heavy atom. The molecule has 0 spiro atoms. The normalized spacial score (nSPS) is 10.0. The van der Waals surface area contributed by atoms with Crippen molar-refractivity contribution in [1.82, 2.24) is 0 Å². The third kappa shape index (κ3) is 6.17. The minimum absolute atomic E-state index is 0.181. The Morgan fingerprint density at radius 3 is 2.20 bits per heavy atom. The molecular formula is C17H15Cl2NO5. The highest BCUT2D eigenvalue weighted by Gasteiger charge is 2.06. The van der Waals surface area contributed by atoms with Crippen molar-refractivity contribution in [2.75, 3.05) is 25.6 Å². The number of amides is 1. The third-order valence-corrected chi connectivity index (χ3v) is 3.72. The van der Waals surface area contributed by atoms with Gasteiger partial charge < -0.3 is 19.5 Å². The first-order valence-electron chi connectivity index (χ1n) is 7.15. The second kappa shape index (κ2) is 9.15. The highest BCUT2D eigenvalue weighted by Crippen LogP contribution is 2.26. The van der Waals surface area contributed by atoms with Crippen molar-refractivity contribution in [3.63, 3.8) is 0 Å². The number of carbonyl (C=O) groups is 2. The predicted molar refractivity (Wildman–Crippen MR) is 94.5 cm³/mol. The molecule has 0 fully saturated rings. The van der Waals surface area contributed by atoms with Crippen molar-refractivity contribution in [2.45, 2.75) is 0 Å². The van der Waals surface area contributed by atoms with Gasteiger partial charge in [0.15, 0.2) is 13.2 Å². The van der Waals surface area contributed by atoms with Gasteiger partial charge in [-0.25, -0.2) is 4.79 Å². The second-order valence-electron chi connectivity index (χ2n) is 4.80. The summed E-state index contributed by atoms with van der Waals surface area (Å²) in [5.74, 6) is 0.109.